The molecule has 4 heteroatoms. The number of nitrogens with two attached hydrogens (primary N) is 1. The molecule has 0 aromatic rings. The van der Waals surface area contributed by atoms with Gasteiger partial charge < -0.3 is 10.8 Å². The van der Waals surface area contributed by atoms with Gasteiger partial charge >= 0.3 is 0 Å². The SMILES string of the molecule is NC(=S)C1CCCCN1CCCCCO. The normalized spacial score (nSPS) is 22.9. The molecular weight excluding hydrogens is 208 g/mol. The van der Waals surface area contributed by atoms with E-state index in [4.69, 9.17) is 23.1 Å². The molecule has 0 aromatic carbocycles. The fraction of sp³-hybridized carbons (Fsp3) is 0.909. The van der Waals surface area contributed by atoms with Gasteiger partial charge in [-0.1, -0.05) is 18.6 Å². The Labute approximate surface area is 97.6 Å². The number of nitrogens with zero attached hydrogens (tertiary/aromatic N) is 1. The highest BCUT2D eigenvalue weighted by atomic mass is 32.1. The number of unbranched alkanes of at least 4 members (excludes halogenated alkanes) is 2. The van der Waals surface area contributed by atoms with Crippen LogP contribution in [0, 0.1) is 0 Å². The molecule has 1 aliphatic heterocycles. The number of hydrogen-bond donors (Lipinski definition) is 2. The second kappa shape index (κ2) is 7.14. The van der Waals surface area contributed by atoms with Crippen LogP contribution in [0.2, 0.25) is 0 Å². The van der Waals surface area contributed by atoms with Gasteiger partial charge in [0.15, 0.2) is 0 Å². The topological polar surface area (TPSA) is 49.5 Å². The molecule has 0 aromatic heterocycles. The minimum absolute atomic E-state index is 0.304. The van der Waals surface area contributed by atoms with Crippen molar-refractivity contribution in [3.05, 3.63) is 0 Å². The van der Waals surface area contributed by atoms with Gasteiger partial charge in [0.2, 0.25) is 0 Å². The molecule has 0 amide bonds. The molecule has 0 aliphatic carbocycles. The third kappa shape index (κ3) is 4.45. The number of thiocarbonyl (C=S) groups is 1. The van der Waals surface area contributed by atoms with E-state index in [0.717, 1.165) is 38.8 Å². The number of hydrogen-bond acceptors (Lipinski definition) is 3. The highest BCUT2D eigenvalue weighted by Crippen LogP contribution is 2.17. The van der Waals surface area contributed by atoms with E-state index in [2.05, 4.69) is 4.90 Å². The van der Waals surface area contributed by atoms with Crippen LogP contribution >= 0.6 is 12.2 Å². The van der Waals surface area contributed by atoms with Crippen LogP contribution in [0.25, 0.3) is 0 Å². The number of likely N-dealkylation sites (tertiary alicyclic amines) is 1. The van der Waals surface area contributed by atoms with Crippen molar-refractivity contribution < 1.29 is 5.11 Å². The van der Waals surface area contributed by atoms with Gasteiger partial charge in [-0.25, -0.2) is 0 Å². The monoisotopic (exact) mass is 230 g/mol. The van der Waals surface area contributed by atoms with Crippen molar-refractivity contribution in [1.82, 2.24) is 4.90 Å². The average molecular weight is 230 g/mol. The highest BCUT2D eigenvalue weighted by Gasteiger charge is 2.23. The van der Waals surface area contributed by atoms with Gasteiger partial charge in [-0.05, 0) is 45.2 Å². The Kier molecular flexibility index (Phi) is 6.13. The quantitative estimate of drug-likeness (QED) is 0.533. The van der Waals surface area contributed by atoms with E-state index in [1.54, 1.807) is 0 Å². The van der Waals surface area contributed by atoms with Crippen molar-refractivity contribution in [2.75, 3.05) is 19.7 Å². The third-order valence-corrected chi connectivity index (χ3v) is 3.32. The Morgan fingerprint density at radius 3 is 2.80 bits per heavy atom. The minimum atomic E-state index is 0.304. The van der Waals surface area contributed by atoms with E-state index in [9.17, 15) is 0 Å². The summed E-state index contributed by atoms with van der Waals surface area (Å²) in [6.45, 7) is 2.50. The first-order valence-corrected chi connectivity index (χ1v) is 6.30. The Hall–Kier alpha value is -0.190. The van der Waals surface area contributed by atoms with Crippen LogP contribution in [0.5, 0.6) is 0 Å². The molecule has 0 radical (unpaired) electrons. The molecule has 3 N–H and O–H groups in total. The standard InChI is InChI=1S/C11H22N2OS/c12-11(15)10-6-2-4-8-13(10)7-3-1-5-9-14/h10,14H,1-9H2,(H2,12,15). The summed E-state index contributed by atoms with van der Waals surface area (Å²) in [5, 5.41) is 8.69. The van der Waals surface area contributed by atoms with Crippen LogP contribution in [0.3, 0.4) is 0 Å². The molecule has 1 rings (SSSR count). The van der Waals surface area contributed by atoms with Crippen LogP contribution in [-0.2, 0) is 0 Å². The van der Waals surface area contributed by atoms with E-state index < -0.39 is 0 Å². The summed E-state index contributed by atoms with van der Waals surface area (Å²) in [5.74, 6) is 0. The number of rotatable bonds is 6. The Bertz CT molecular complexity index is 199. The number of aliphatic hydroxyl groups is 1. The molecular formula is C11H22N2OS. The zero-order valence-electron chi connectivity index (χ0n) is 9.32. The van der Waals surface area contributed by atoms with Gasteiger partial charge in [-0.3, -0.25) is 4.90 Å². The lowest BCUT2D eigenvalue weighted by Gasteiger charge is -2.34. The van der Waals surface area contributed by atoms with Gasteiger partial charge in [0.05, 0.1) is 11.0 Å². The molecule has 1 heterocycles. The van der Waals surface area contributed by atoms with E-state index in [-0.39, 0.29) is 0 Å². The van der Waals surface area contributed by atoms with Gasteiger partial charge in [0, 0.05) is 6.61 Å². The predicted molar refractivity (Wildman–Crippen MR) is 66.9 cm³/mol. The lowest BCUT2D eigenvalue weighted by Crippen LogP contribution is -2.47. The molecule has 3 nitrogen and oxygen atoms in total. The van der Waals surface area contributed by atoms with E-state index in [0.29, 0.717) is 17.6 Å². The molecule has 88 valence electrons. The molecule has 1 fully saturated rings. The summed E-state index contributed by atoms with van der Waals surface area (Å²) in [6, 6.07) is 0.322. The lowest BCUT2D eigenvalue weighted by molar-refractivity contribution is 0.186. The molecule has 1 aliphatic rings. The zero-order valence-corrected chi connectivity index (χ0v) is 10.1. The summed E-state index contributed by atoms with van der Waals surface area (Å²) in [5.41, 5.74) is 5.74. The van der Waals surface area contributed by atoms with Crippen molar-refractivity contribution in [1.29, 1.82) is 0 Å². The largest absolute Gasteiger partial charge is 0.396 e. The third-order valence-electron chi connectivity index (χ3n) is 3.05. The number of aliphatic hydroxyl groups excluding tert-OH is 1. The summed E-state index contributed by atoms with van der Waals surface area (Å²) in [7, 11) is 0. The Morgan fingerprint density at radius 1 is 1.33 bits per heavy atom. The maximum Gasteiger partial charge on any atom is 0.0902 e. The zero-order chi connectivity index (χ0) is 11.1. The molecule has 0 bridgehead atoms. The maximum absolute atomic E-state index is 8.69. The van der Waals surface area contributed by atoms with Crippen LogP contribution in [0.1, 0.15) is 38.5 Å². The second-order valence-corrected chi connectivity index (χ2v) is 4.71. The highest BCUT2D eigenvalue weighted by molar-refractivity contribution is 7.80. The van der Waals surface area contributed by atoms with Crippen LogP contribution < -0.4 is 5.73 Å². The van der Waals surface area contributed by atoms with Crippen LogP contribution in [0.15, 0.2) is 0 Å². The summed E-state index contributed by atoms with van der Waals surface area (Å²) in [6.07, 6.45) is 6.77. The summed E-state index contributed by atoms with van der Waals surface area (Å²) >= 11 is 5.09. The van der Waals surface area contributed by atoms with E-state index >= 15 is 0 Å². The smallest absolute Gasteiger partial charge is 0.0902 e. The van der Waals surface area contributed by atoms with Crippen LogP contribution in [0.4, 0.5) is 0 Å². The second-order valence-electron chi connectivity index (χ2n) is 4.23. The van der Waals surface area contributed by atoms with E-state index in [1.807, 2.05) is 0 Å². The van der Waals surface area contributed by atoms with Crippen molar-refractivity contribution in [3.63, 3.8) is 0 Å². The fourth-order valence-electron chi connectivity index (χ4n) is 2.18. The van der Waals surface area contributed by atoms with E-state index in [1.165, 1.54) is 12.8 Å². The van der Waals surface area contributed by atoms with Crippen molar-refractivity contribution in [2.24, 2.45) is 5.73 Å². The first kappa shape index (κ1) is 12.9. The first-order chi connectivity index (χ1) is 7.25. The van der Waals surface area contributed by atoms with Gasteiger partial charge in [-0.2, -0.15) is 0 Å². The van der Waals surface area contributed by atoms with Crippen molar-refractivity contribution >= 4 is 17.2 Å². The summed E-state index contributed by atoms with van der Waals surface area (Å²) < 4.78 is 0. The fourth-order valence-corrected chi connectivity index (χ4v) is 2.45. The van der Waals surface area contributed by atoms with Crippen LogP contribution in [-0.4, -0.2) is 40.7 Å². The molecule has 15 heavy (non-hydrogen) atoms. The lowest BCUT2D eigenvalue weighted by atomic mass is 10.0. The molecule has 0 spiro atoms. The average Bonchev–Trinajstić information content (AvgIpc) is 2.25. The molecule has 1 unspecified atom stereocenters. The number of piperidine rings is 1. The minimum Gasteiger partial charge on any atom is -0.396 e. The van der Waals surface area contributed by atoms with Gasteiger partial charge in [-0.15, -0.1) is 0 Å². The van der Waals surface area contributed by atoms with Gasteiger partial charge in [0.25, 0.3) is 0 Å². The van der Waals surface area contributed by atoms with Crippen molar-refractivity contribution in [2.45, 2.75) is 44.6 Å². The molecule has 0 saturated carbocycles. The Morgan fingerprint density at radius 2 is 2.13 bits per heavy atom. The molecule has 1 atom stereocenters. The first-order valence-electron chi connectivity index (χ1n) is 5.90. The van der Waals surface area contributed by atoms with Crippen molar-refractivity contribution in [3.8, 4) is 0 Å². The van der Waals surface area contributed by atoms with Gasteiger partial charge in [0.1, 0.15) is 0 Å². The maximum atomic E-state index is 8.69. The predicted octanol–water partition coefficient (Wildman–Crippen LogP) is 1.29. The molecule has 1 saturated heterocycles. The summed E-state index contributed by atoms with van der Waals surface area (Å²) in [4.78, 5) is 3.06. The Balaban J connectivity index is 2.26.